The van der Waals surface area contributed by atoms with Gasteiger partial charge in [-0.1, -0.05) is 26.7 Å². The lowest BCUT2D eigenvalue weighted by atomic mass is 10.0. The van der Waals surface area contributed by atoms with Crippen LogP contribution in [0.5, 0.6) is 0 Å². The molecule has 0 aliphatic carbocycles. The van der Waals surface area contributed by atoms with Crippen molar-refractivity contribution in [3.8, 4) is 0 Å². The summed E-state index contributed by atoms with van der Waals surface area (Å²) < 4.78 is 39.9. The van der Waals surface area contributed by atoms with Gasteiger partial charge in [0, 0.05) is 30.7 Å². The van der Waals surface area contributed by atoms with Gasteiger partial charge in [-0.15, -0.1) is 0 Å². The highest BCUT2D eigenvalue weighted by Gasteiger charge is 2.35. The van der Waals surface area contributed by atoms with Crippen molar-refractivity contribution in [2.75, 3.05) is 29.0 Å². The zero-order chi connectivity index (χ0) is 19.4. The molecule has 0 atom stereocenters. The van der Waals surface area contributed by atoms with Crippen LogP contribution in [0, 0.1) is 5.92 Å². The molecule has 0 unspecified atom stereocenters. The zero-order valence-electron chi connectivity index (χ0n) is 15.5. The summed E-state index contributed by atoms with van der Waals surface area (Å²) in [5, 5.41) is 9.15. The number of nitrogens with one attached hydrogen (secondary N) is 3. The van der Waals surface area contributed by atoms with Gasteiger partial charge in [-0.25, -0.2) is 4.98 Å². The minimum Gasteiger partial charge on any atom is -0.384 e. The molecule has 8 heteroatoms. The Morgan fingerprint density at radius 1 is 1.22 bits per heavy atom. The third kappa shape index (κ3) is 4.61. The minimum atomic E-state index is -4.51. The first kappa shape index (κ1) is 19.3. The third-order valence-corrected chi connectivity index (χ3v) is 4.88. The van der Waals surface area contributed by atoms with E-state index >= 15 is 0 Å². The lowest BCUT2D eigenvalue weighted by molar-refractivity contribution is -0.137. The highest BCUT2D eigenvalue weighted by molar-refractivity contribution is 5.65. The number of nitrogens with zero attached hydrogens (tertiary/aromatic N) is 2. The van der Waals surface area contributed by atoms with Gasteiger partial charge in [0.1, 0.15) is 11.4 Å². The Balaban J connectivity index is 1.82. The van der Waals surface area contributed by atoms with Crippen molar-refractivity contribution < 1.29 is 13.2 Å². The Morgan fingerprint density at radius 2 is 2.00 bits per heavy atom. The molecule has 0 fully saturated rings. The fraction of sp³-hybridized carbons (Fsp3) is 0.474. The summed E-state index contributed by atoms with van der Waals surface area (Å²) in [6.45, 7) is 5.38. The number of hydrogen-bond donors (Lipinski definition) is 3. The van der Waals surface area contributed by atoms with Gasteiger partial charge in [-0.2, -0.15) is 18.2 Å². The Kier molecular flexibility index (Phi) is 5.72. The molecule has 5 nitrogen and oxygen atoms in total. The number of fused-ring (bicyclic) bond motifs is 1. The molecule has 0 amide bonds. The van der Waals surface area contributed by atoms with Crippen LogP contribution in [-0.4, -0.2) is 23.1 Å². The smallest absolute Gasteiger partial charge is 0.384 e. The van der Waals surface area contributed by atoms with Crippen LogP contribution >= 0.6 is 0 Å². The maximum absolute atomic E-state index is 13.3. The Morgan fingerprint density at radius 3 is 2.70 bits per heavy atom. The molecular formula is C19H24F3N5. The lowest BCUT2D eigenvalue weighted by Crippen LogP contribution is -2.18. The van der Waals surface area contributed by atoms with Crippen LogP contribution in [0.15, 0.2) is 24.4 Å². The van der Waals surface area contributed by atoms with E-state index in [9.17, 15) is 13.2 Å². The van der Waals surface area contributed by atoms with Crippen LogP contribution in [0.25, 0.3) is 0 Å². The number of rotatable bonds is 7. The molecular weight excluding hydrogens is 355 g/mol. The second kappa shape index (κ2) is 8.02. The van der Waals surface area contributed by atoms with E-state index in [0.717, 1.165) is 43.4 Å². The molecule has 1 aromatic carbocycles. The molecule has 1 aliphatic rings. The van der Waals surface area contributed by atoms with E-state index in [2.05, 4.69) is 25.9 Å². The average molecular weight is 379 g/mol. The molecule has 2 heterocycles. The van der Waals surface area contributed by atoms with Crippen LogP contribution in [-0.2, 0) is 12.6 Å². The first-order valence-electron chi connectivity index (χ1n) is 9.22. The second-order valence-electron chi connectivity index (χ2n) is 6.69. The fourth-order valence-electron chi connectivity index (χ4n) is 3.11. The lowest BCUT2D eigenvalue weighted by Gasteiger charge is -2.18. The van der Waals surface area contributed by atoms with E-state index < -0.39 is 11.7 Å². The van der Waals surface area contributed by atoms with Crippen molar-refractivity contribution in [3.05, 3.63) is 35.5 Å². The molecule has 0 spiro atoms. The molecule has 0 radical (unpaired) electrons. The summed E-state index contributed by atoms with van der Waals surface area (Å²) in [5.41, 5.74) is 2.15. The summed E-state index contributed by atoms with van der Waals surface area (Å²) in [6.07, 6.45) is -0.969. The van der Waals surface area contributed by atoms with Crippen molar-refractivity contribution in [1.82, 2.24) is 9.97 Å². The first-order valence-corrected chi connectivity index (χ1v) is 9.22. The predicted molar refractivity (Wildman–Crippen MR) is 102 cm³/mol. The zero-order valence-corrected chi connectivity index (χ0v) is 15.5. The fourth-order valence-corrected chi connectivity index (χ4v) is 3.11. The van der Waals surface area contributed by atoms with E-state index in [1.165, 1.54) is 5.56 Å². The maximum Gasteiger partial charge on any atom is 0.421 e. The first-order chi connectivity index (χ1) is 12.9. The molecule has 1 aromatic heterocycles. The van der Waals surface area contributed by atoms with Crippen molar-refractivity contribution in [1.29, 1.82) is 0 Å². The molecule has 1 aliphatic heterocycles. The number of benzene rings is 1. The Bertz CT molecular complexity index is 787. The number of anilines is 4. The van der Waals surface area contributed by atoms with Gasteiger partial charge in [0.15, 0.2) is 0 Å². The topological polar surface area (TPSA) is 61.9 Å². The van der Waals surface area contributed by atoms with Gasteiger partial charge in [0.25, 0.3) is 0 Å². The largest absolute Gasteiger partial charge is 0.421 e. The maximum atomic E-state index is 13.3. The third-order valence-electron chi connectivity index (χ3n) is 4.88. The number of alkyl halides is 3. The Hall–Kier alpha value is -2.51. The van der Waals surface area contributed by atoms with Gasteiger partial charge in [0.2, 0.25) is 5.95 Å². The predicted octanol–water partition coefficient (Wildman–Crippen LogP) is 5.06. The quantitative estimate of drug-likeness (QED) is 0.628. The monoisotopic (exact) mass is 379 g/mol. The van der Waals surface area contributed by atoms with Crippen LogP contribution in [0.3, 0.4) is 0 Å². The number of hydrogen-bond acceptors (Lipinski definition) is 5. The number of halogens is 3. The summed E-state index contributed by atoms with van der Waals surface area (Å²) in [4.78, 5) is 7.96. The highest BCUT2D eigenvalue weighted by Crippen LogP contribution is 2.34. The van der Waals surface area contributed by atoms with Crippen molar-refractivity contribution in [2.24, 2.45) is 5.92 Å². The van der Waals surface area contributed by atoms with Gasteiger partial charge < -0.3 is 16.0 Å². The van der Waals surface area contributed by atoms with Gasteiger partial charge in [-0.05, 0) is 36.1 Å². The normalized spacial score (nSPS) is 13.4. The van der Waals surface area contributed by atoms with Crippen LogP contribution in [0.1, 0.15) is 37.8 Å². The molecule has 27 heavy (non-hydrogen) atoms. The molecule has 2 aromatic rings. The van der Waals surface area contributed by atoms with Crippen molar-refractivity contribution in [2.45, 2.75) is 39.3 Å². The summed E-state index contributed by atoms with van der Waals surface area (Å²) >= 11 is 0. The van der Waals surface area contributed by atoms with Crippen molar-refractivity contribution >= 4 is 23.1 Å². The second-order valence-corrected chi connectivity index (χ2v) is 6.69. The standard InChI is InChI=1S/C19H24F3N5/c1-3-12(4-2)10-24-17-15(19(20,21)22)11-25-18(27-17)26-14-5-6-16-13(9-14)7-8-23-16/h5-6,9,11-12,23H,3-4,7-8,10H2,1-2H3,(H2,24,25,26,27). The van der Waals surface area contributed by atoms with Crippen LogP contribution in [0.2, 0.25) is 0 Å². The van der Waals surface area contributed by atoms with E-state index in [0.29, 0.717) is 12.5 Å². The van der Waals surface area contributed by atoms with Gasteiger partial charge >= 0.3 is 6.18 Å². The molecule has 3 rings (SSSR count). The van der Waals surface area contributed by atoms with E-state index in [4.69, 9.17) is 0 Å². The molecule has 3 N–H and O–H groups in total. The van der Waals surface area contributed by atoms with E-state index in [1.807, 2.05) is 32.0 Å². The summed E-state index contributed by atoms with van der Waals surface area (Å²) in [6, 6.07) is 5.77. The molecule has 0 saturated heterocycles. The van der Waals surface area contributed by atoms with Gasteiger partial charge in [0.05, 0.1) is 0 Å². The molecule has 0 bridgehead atoms. The van der Waals surface area contributed by atoms with E-state index in [1.54, 1.807) is 0 Å². The van der Waals surface area contributed by atoms with Crippen molar-refractivity contribution in [3.63, 3.8) is 0 Å². The Labute approximate surface area is 156 Å². The van der Waals surface area contributed by atoms with E-state index in [-0.39, 0.29) is 11.8 Å². The molecule has 0 saturated carbocycles. The highest BCUT2D eigenvalue weighted by atomic mass is 19.4. The van der Waals surface area contributed by atoms with Crippen LogP contribution in [0.4, 0.5) is 36.3 Å². The summed E-state index contributed by atoms with van der Waals surface area (Å²) in [5.74, 6) is 0.248. The SMILES string of the molecule is CCC(CC)CNc1nc(Nc2ccc3c(c2)CCN3)ncc1C(F)(F)F. The average Bonchev–Trinajstić information content (AvgIpc) is 3.09. The molecule has 146 valence electrons. The van der Waals surface area contributed by atoms with Gasteiger partial charge in [-0.3, -0.25) is 0 Å². The minimum absolute atomic E-state index is 0.140. The summed E-state index contributed by atoms with van der Waals surface area (Å²) in [7, 11) is 0. The number of aromatic nitrogens is 2. The van der Waals surface area contributed by atoms with Crippen LogP contribution < -0.4 is 16.0 Å².